The molecule has 4 nitrogen and oxygen atoms in total. The van der Waals surface area contributed by atoms with Crippen molar-refractivity contribution < 1.29 is 19.7 Å². The molecule has 0 fully saturated rings. The molecule has 4 heteroatoms. The van der Waals surface area contributed by atoms with Gasteiger partial charge < -0.3 is 14.9 Å². The van der Waals surface area contributed by atoms with Gasteiger partial charge >= 0.3 is 5.97 Å². The summed E-state index contributed by atoms with van der Waals surface area (Å²) in [5.74, 6) is -0.785. The van der Waals surface area contributed by atoms with E-state index in [1.165, 1.54) is 19.1 Å². The summed E-state index contributed by atoms with van der Waals surface area (Å²) in [6.07, 6.45) is 3.87. The topological polar surface area (TPSA) is 66.8 Å². The van der Waals surface area contributed by atoms with Gasteiger partial charge in [-0.2, -0.15) is 0 Å². The van der Waals surface area contributed by atoms with E-state index >= 15 is 0 Å². The molecule has 1 unspecified atom stereocenters. The van der Waals surface area contributed by atoms with Gasteiger partial charge in [0, 0.05) is 5.56 Å². The third-order valence-electron chi connectivity index (χ3n) is 3.47. The molecule has 0 heterocycles. The first-order valence-electron chi connectivity index (χ1n) is 6.24. The highest BCUT2D eigenvalue weighted by atomic mass is 16.5. The van der Waals surface area contributed by atoms with Gasteiger partial charge in [0.25, 0.3) is 0 Å². The Hall–Kier alpha value is -1.55. The fraction of sp³-hybridized carbons (Fsp3) is 0.500. The standard InChI is InChI=1S/C14H18O4/c1-18-12-8-10-6-4-2-3-5-9(10)7-11(12)13(15)14(16)17/h7-8,13,15H,2-6H2,1H3,(H,16,17). The minimum atomic E-state index is -1.52. The van der Waals surface area contributed by atoms with Crippen LogP contribution < -0.4 is 4.74 Å². The molecule has 2 N–H and O–H groups in total. The number of aliphatic carboxylic acids is 1. The lowest BCUT2D eigenvalue weighted by Crippen LogP contribution is -2.12. The van der Waals surface area contributed by atoms with Gasteiger partial charge in [-0.3, -0.25) is 0 Å². The lowest BCUT2D eigenvalue weighted by Gasteiger charge is -2.15. The fourth-order valence-corrected chi connectivity index (χ4v) is 2.48. The van der Waals surface area contributed by atoms with E-state index in [9.17, 15) is 9.90 Å². The van der Waals surface area contributed by atoms with Crippen LogP contribution in [0, 0.1) is 0 Å². The number of carboxylic acid groups (broad SMARTS) is 1. The highest BCUT2D eigenvalue weighted by Gasteiger charge is 2.22. The molecule has 2 rings (SSSR count). The van der Waals surface area contributed by atoms with E-state index in [1.54, 1.807) is 6.07 Å². The molecule has 1 aromatic carbocycles. The molecule has 1 aliphatic carbocycles. The summed E-state index contributed by atoms with van der Waals surface area (Å²) in [6, 6.07) is 3.67. The Morgan fingerprint density at radius 1 is 1.22 bits per heavy atom. The number of benzene rings is 1. The zero-order valence-electron chi connectivity index (χ0n) is 10.5. The third kappa shape index (κ3) is 2.48. The van der Waals surface area contributed by atoms with Crippen LogP contribution in [0.4, 0.5) is 0 Å². The van der Waals surface area contributed by atoms with E-state index in [0.717, 1.165) is 31.2 Å². The first-order chi connectivity index (χ1) is 8.63. The minimum Gasteiger partial charge on any atom is -0.496 e. The summed E-state index contributed by atoms with van der Waals surface area (Å²) in [5.41, 5.74) is 2.71. The van der Waals surface area contributed by atoms with E-state index in [-0.39, 0.29) is 0 Å². The Labute approximate surface area is 106 Å². The molecule has 98 valence electrons. The third-order valence-corrected chi connectivity index (χ3v) is 3.47. The number of aryl methyl sites for hydroxylation is 2. The maximum Gasteiger partial charge on any atom is 0.337 e. The zero-order valence-corrected chi connectivity index (χ0v) is 10.5. The number of rotatable bonds is 3. The average molecular weight is 250 g/mol. The molecule has 18 heavy (non-hydrogen) atoms. The normalized spacial score (nSPS) is 16.6. The Morgan fingerprint density at radius 3 is 2.39 bits per heavy atom. The molecule has 1 aliphatic rings. The Balaban J connectivity index is 2.46. The molecule has 0 spiro atoms. The van der Waals surface area contributed by atoms with Crippen LogP contribution in [0.1, 0.15) is 42.1 Å². The smallest absolute Gasteiger partial charge is 0.337 e. The lowest BCUT2D eigenvalue weighted by molar-refractivity contribution is -0.147. The zero-order chi connectivity index (χ0) is 13.1. The molecule has 0 aromatic heterocycles. The molecule has 0 saturated carbocycles. The van der Waals surface area contributed by atoms with Crippen LogP contribution in [0.5, 0.6) is 5.75 Å². The van der Waals surface area contributed by atoms with Crippen molar-refractivity contribution in [2.24, 2.45) is 0 Å². The van der Waals surface area contributed by atoms with Crippen LogP contribution in [0.15, 0.2) is 12.1 Å². The maximum atomic E-state index is 10.9. The number of hydrogen-bond acceptors (Lipinski definition) is 3. The highest BCUT2D eigenvalue weighted by Crippen LogP contribution is 2.32. The molecule has 0 radical (unpaired) electrons. The molecule has 1 aromatic rings. The predicted molar refractivity (Wildman–Crippen MR) is 66.8 cm³/mol. The van der Waals surface area contributed by atoms with Crippen molar-refractivity contribution in [2.45, 2.75) is 38.2 Å². The number of carboxylic acids is 1. The number of fused-ring (bicyclic) bond motifs is 1. The Bertz CT molecular complexity index is 453. The summed E-state index contributed by atoms with van der Waals surface area (Å²) in [7, 11) is 1.50. The number of ether oxygens (including phenoxy) is 1. The minimum absolute atomic E-state index is 0.352. The van der Waals surface area contributed by atoms with Crippen molar-refractivity contribution >= 4 is 5.97 Å². The van der Waals surface area contributed by atoms with E-state index in [0.29, 0.717) is 11.3 Å². The number of hydrogen-bond donors (Lipinski definition) is 2. The van der Waals surface area contributed by atoms with Crippen LogP contribution in [-0.2, 0) is 17.6 Å². The summed E-state index contributed by atoms with van der Waals surface area (Å²) in [4.78, 5) is 10.9. The van der Waals surface area contributed by atoms with Crippen molar-refractivity contribution in [1.29, 1.82) is 0 Å². The van der Waals surface area contributed by atoms with Crippen molar-refractivity contribution in [3.05, 3.63) is 28.8 Å². The molecule has 1 atom stereocenters. The van der Waals surface area contributed by atoms with Crippen molar-refractivity contribution in [2.75, 3.05) is 7.11 Å². The van der Waals surface area contributed by atoms with E-state index in [1.807, 2.05) is 6.07 Å². The molecule has 0 aliphatic heterocycles. The van der Waals surface area contributed by atoms with Gasteiger partial charge in [-0.15, -0.1) is 0 Å². The van der Waals surface area contributed by atoms with Crippen molar-refractivity contribution in [3.63, 3.8) is 0 Å². The Kier molecular flexibility index (Phi) is 3.87. The second kappa shape index (κ2) is 5.40. The number of aliphatic hydroxyl groups excluding tert-OH is 1. The molecule has 0 amide bonds. The van der Waals surface area contributed by atoms with E-state index in [2.05, 4.69) is 0 Å². The molecular formula is C14H18O4. The number of methoxy groups -OCH3 is 1. The van der Waals surface area contributed by atoms with Crippen LogP contribution in [-0.4, -0.2) is 23.3 Å². The average Bonchev–Trinajstić information content (AvgIpc) is 2.60. The van der Waals surface area contributed by atoms with Gasteiger partial charge in [-0.25, -0.2) is 4.79 Å². The second-order valence-corrected chi connectivity index (χ2v) is 4.66. The quantitative estimate of drug-likeness (QED) is 0.806. The first kappa shape index (κ1) is 12.9. The second-order valence-electron chi connectivity index (χ2n) is 4.66. The molecule has 0 saturated heterocycles. The summed E-state index contributed by atoms with van der Waals surface area (Å²) in [6.45, 7) is 0. The fourth-order valence-electron chi connectivity index (χ4n) is 2.48. The van der Waals surface area contributed by atoms with Crippen LogP contribution >= 0.6 is 0 Å². The Morgan fingerprint density at radius 2 is 1.83 bits per heavy atom. The number of aliphatic hydroxyl groups is 1. The van der Waals surface area contributed by atoms with Crippen molar-refractivity contribution in [3.8, 4) is 5.75 Å². The first-order valence-corrected chi connectivity index (χ1v) is 6.24. The van der Waals surface area contributed by atoms with Crippen LogP contribution in [0.2, 0.25) is 0 Å². The van der Waals surface area contributed by atoms with Gasteiger partial charge in [0.1, 0.15) is 5.75 Å². The largest absolute Gasteiger partial charge is 0.496 e. The van der Waals surface area contributed by atoms with Gasteiger partial charge in [0.05, 0.1) is 7.11 Å². The molecular weight excluding hydrogens is 232 g/mol. The highest BCUT2D eigenvalue weighted by molar-refractivity contribution is 5.75. The maximum absolute atomic E-state index is 10.9. The van der Waals surface area contributed by atoms with Gasteiger partial charge in [0.2, 0.25) is 0 Å². The lowest BCUT2D eigenvalue weighted by atomic mass is 9.96. The predicted octanol–water partition coefficient (Wildman–Crippen LogP) is 2.08. The van der Waals surface area contributed by atoms with Crippen LogP contribution in [0.25, 0.3) is 0 Å². The van der Waals surface area contributed by atoms with E-state index < -0.39 is 12.1 Å². The monoisotopic (exact) mass is 250 g/mol. The van der Waals surface area contributed by atoms with Gasteiger partial charge in [-0.05, 0) is 48.9 Å². The van der Waals surface area contributed by atoms with E-state index in [4.69, 9.17) is 9.84 Å². The summed E-state index contributed by atoms with van der Waals surface area (Å²) >= 11 is 0. The van der Waals surface area contributed by atoms with Gasteiger partial charge in [0.15, 0.2) is 6.10 Å². The summed E-state index contributed by atoms with van der Waals surface area (Å²) in [5, 5.41) is 18.6. The van der Waals surface area contributed by atoms with Gasteiger partial charge in [-0.1, -0.05) is 6.42 Å². The van der Waals surface area contributed by atoms with Crippen molar-refractivity contribution in [1.82, 2.24) is 0 Å². The molecule has 0 bridgehead atoms. The van der Waals surface area contributed by atoms with Crippen LogP contribution in [0.3, 0.4) is 0 Å². The summed E-state index contributed by atoms with van der Waals surface area (Å²) < 4.78 is 5.20. The SMILES string of the molecule is COc1cc2c(cc1C(O)C(=O)O)CCCCC2. The number of carbonyl (C=O) groups is 1.